The van der Waals surface area contributed by atoms with Gasteiger partial charge in [0.05, 0.1) is 30.0 Å². The molecule has 0 saturated carbocycles. The molecule has 0 N–H and O–H groups in total. The van der Waals surface area contributed by atoms with Crippen molar-refractivity contribution in [2.24, 2.45) is 4.99 Å². The van der Waals surface area contributed by atoms with Gasteiger partial charge in [-0.1, -0.05) is 31.5 Å². The molecular formula is C18H23N3O3. The minimum atomic E-state index is -0.635. The number of carbonyl (C=O) groups excluding carboxylic acids is 1. The van der Waals surface area contributed by atoms with Crippen molar-refractivity contribution < 1.29 is 14.3 Å². The van der Waals surface area contributed by atoms with Crippen molar-refractivity contribution in [3.63, 3.8) is 0 Å². The molecule has 0 saturated heterocycles. The van der Waals surface area contributed by atoms with Gasteiger partial charge in [-0.2, -0.15) is 10.1 Å². The van der Waals surface area contributed by atoms with Crippen molar-refractivity contribution in [2.75, 3.05) is 6.61 Å². The van der Waals surface area contributed by atoms with E-state index in [9.17, 15) is 4.79 Å². The summed E-state index contributed by atoms with van der Waals surface area (Å²) in [7, 11) is 0. The molecular weight excluding hydrogens is 306 g/mol. The number of benzene rings is 1. The molecule has 6 heteroatoms. The SMILES string of the molecule is CCCCOc1c/c(=N/C(=O)OC(C)C)cnn1-c1ccccc1. The van der Waals surface area contributed by atoms with Crippen LogP contribution in [0.4, 0.5) is 4.79 Å². The zero-order chi connectivity index (χ0) is 17.4. The van der Waals surface area contributed by atoms with E-state index in [1.54, 1.807) is 24.6 Å². The van der Waals surface area contributed by atoms with E-state index in [0.29, 0.717) is 17.8 Å². The van der Waals surface area contributed by atoms with Crippen molar-refractivity contribution in [1.29, 1.82) is 0 Å². The summed E-state index contributed by atoms with van der Waals surface area (Å²) in [5, 5.41) is 4.75. The van der Waals surface area contributed by atoms with E-state index in [1.165, 1.54) is 6.20 Å². The van der Waals surface area contributed by atoms with Gasteiger partial charge in [0.25, 0.3) is 0 Å². The van der Waals surface area contributed by atoms with Crippen LogP contribution in [0, 0.1) is 0 Å². The summed E-state index contributed by atoms with van der Waals surface area (Å²) in [6.45, 7) is 6.23. The third-order valence-electron chi connectivity index (χ3n) is 3.09. The molecule has 0 aliphatic carbocycles. The zero-order valence-electron chi connectivity index (χ0n) is 14.3. The second-order valence-electron chi connectivity index (χ2n) is 5.55. The number of carbonyl (C=O) groups is 1. The van der Waals surface area contributed by atoms with Gasteiger partial charge in [-0.3, -0.25) is 0 Å². The minimum Gasteiger partial charge on any atom is -0.478 e. The lowest BCUT2D eigenvalue weighted by Gasteiger charge is -2.13. The smallest absolute Gasteiger partial charge is 0.434 e. The van der Waals surface area contributed by atoms with Crippen LogP contribution >= 0.6 is 0 Å². The molecule has 6 nitrogen and oxygen atoms in total. The molecule has 2 aromatic rings. The number of hydrogen-bond acceptors (Lipinski definition) is 4. The van der Waals surface area contributed by atoms with Gasteiger partial charge in [0, 0.05) is 6.07 Å². The first-order chi connectivity index (χ1) is 11.6. The Bertz CT molecular complexity index is 724. The maximum atomic E-state index is 11.7. The molecule has 0 aliphatic rings. The molecule has 0 spiro atoms. The molecule has 0 unspecified atom stereocenters. The summed E-state index contributed by atoms with van der Waals surface area (Å²) in [5.74, 6) is 0.535. The van der Waals surface area contributed by atoms with Gasteiger partial charge in [-0.25, -0.2) is 9.48 Å². The second-order valence-corrected chi connectivity index (χ2v) is 5.55. The van der Waals surface area contributed by atoms with Crippen LogP contribution in [-0.4, -0.2) is 28.6 Å². The lowest BCUT2D eigenvalue weighted by molar-refractivity contribution is 0.125. The molecule has 0 fully saturated rings. The van der Waals surface area contributed by atoms with Crippen LogP contribution in [0.1, 0.15) is 33.6 Å². The largest absolute Gasteiger partial charge is 0.478 e. The zero-order valence-corrected chi connectivity index (χ0v) is 14.3. The van der Waals surface area contributed by atoms with Crippen molar-refractivity contribution in [2.45, 2.75) is 39.7 Å². The number of amides is 1. The summed E-state index contributed by atoms with van der Waals surface area (Å²) >= 11 is 0. The number of nitrogens with zero attached hydrogens (tertiary/aromatic N) is 3. The molecule has 2 rings (SSSR count). The summed E-state index contributed by atoms with van der Waals surface area (Å²) in [5.41, 5.74) is 0.875. The van der Waals surface area contributed by atoms with E-state index in [-0.39, 0.29) is 6.10 Å². The Hall–Kier alpha value is -2.63. The highest BCUT2D eigenvalue weighted by Gasteiger charge is 2.07. The molecule has 24 heavy (non-hydrogen) atoms. The average Bonchev–Trinajstić information content (AvgIpc) is 2.55. The third kappa shape index (κ3) is 5.22. The molecule has 1 aromatic heterocycles. The second kappa shape index (κ2) is 8.86. The van der Waals surface area contributed by atoms with Gasteiger partial charge in [-0.05, 0) is 32.4 Å². The maximum absolute atomic E-state index is 11.7. The fraction of sp³-hybridized carbons (Fsp3) is 0.389. The van der Waals surface area contributed by atoms with Gasteiger partial charge in [-0.15, -0.1) is 0 Å². The standard InChI is InChI=1S/C18H23N3O3/c1-4-5-11-23-17-12-15(20-18(22)24-14(2)3)13-19-21(17)16-9-7-6-8-10-16/h6-10,12-14H,4-5,11H2,1-3H3/b20-15-. The molecule has 0 radical (unpaired) electrons. The summed E-state index contributed by atoms with van der Waals surface area (Å²) in [6, 6.07) is 11.4. The first-order valence-electron chi connectivity index (χ1n) is 8.13. The highest BCUT2D eigenvalue weighted by molar-refractivity contribution is 5.68. The van der Waals surface area contributed by atoms with Crippen LogP contribution in [0.15, 0.2) is 47.6 Å². The quantitative estimate of drug-likeness (QED) is 0.761. The molecule has 1 heterocycles. The number of rotatable bonds is 6. The first kappa shape index (κ1) is 17.7. The maximum Gasteiger partial charge on any atom is 0.434 e. The Kier molecular flexibility index (Phi) is 6.54. The Morgan fingerprint density at radius 3 is 2.71 bits per heavy atom. The van der Waals surface area contributed by atoms with E-state index in [1.807, 2.05) is 30.3 Å². The molecule has 128 valence electrons. The summed E-state index contributed by atoms with van der Waals surface area (Å²) in [4.78, 5) is 15.6. The van der Waals surface area contributed by atoms with Crippen LogP contribution < -0.4 is 10.1 Å². The fourth-order valence-corrected chi connectivity index (χ4v) is 1.98. The summed E-state index contributed by atoms with van der Waals surface area (Å²) < 4.78 is 12.5. The van der Waals surface area contributed by atoms with Gasteiger partial charge < -0.3 is 9.47 Å². The highest BCUT2D eigenvalue weighted by Crippen LogP contribution is 2.14. The number of aromatic nitrogens is 2. The van der Waals surface area contributed by atoms with Crippen LogP contribution in [-0.2, 0) is 4.74 Å². The van der Waals surface area contributed by atoms with E-state index < -0.39 is 6.09 Å². The first-order valence-corrected chi connectivity index (χ1v) is 8.13. The molecule has 0 aliphatic heterocycles. The normalized spacial score (nSPS) is 11.6. The number of unbranched alkanes of at least 4 members (excludes halogenated alkanes) is 1. The van der Waals surface area contributed by atoms with Gasteiger partial charge in [0.1, 0.15) is 0 Å². The lowest BCUT2D eigenvalue weighted by Crippen LogP contribution is -2.17. The molecule has 0 atom stereocenters. The van der Waals surface area contributed by atoms with Crippen LogP contribution in [0.2, 0.25) is 0 Å². The summed E-state index contributed by atoms with van der Waals surface area (Å²) in [6.07, 6.45) is 2.63. The van der Waals surface area contributed by atoms with Crippen LogP contribution in [0.3, 0.4) is 0 Å². The minimum absolute atomic E-state index is 0.215. The van der Waals surface area contributed by atoms with E-state index in [2.05, 4.69) is 17.0 Å². The van der Waals surface area contributed by atoms with Crippen molar-refractivity contribution >= 4 is 6.09 Å². The van der Waals surface area contributed by atoms with Gasteiger partial charge in [0.15, 0.2) is 0 Å². The third-order valence-corrected chi connectivity index (χ3v) is 3.09. The van der Waals surface area contributed by atoms with Gasteiger partial charge >= 0.3 is 6.09 Å². The van der Waals surface area contributed by atoms with E-state index in [4.69, 9.17) is 9.47 Å². The van der Waals surface area contributed by atoms with Crippen molar-refractivity contribution in [1.82, 2.24) is 9.78 Å². The lowest BCUT2D eigenvalue weighted by atomic mass is 10.3. The van der Waals surface area contributed by atoms with E-state index >= 15 is 0 Å². The van der Waals surface area contributed by atoms with Crippen molar-refractivity contribution in [3.05, 3.63) is 48.0 Å². The Balaban J connectivity index is 2.35. The molecule has 0 bridgehead atoms. The predicted octanol–water partition coefficient (Wildman–Crippen LogP) is 3.50. The van der Waals surface area contributed by atoms with E-state index in [0.717, 1.165) is 18.5 Å². The molecule has 1 aromatic carbocycles. The number of para-hydroxylation sites is 1. The van der Waals surface area contributed by atoms with Crippen molar-refractivity contribution in [3.8, 4) is 11.6 Å². The topological polar surface area (TPSA) is 65.7 Å². The number of hydrogen-bond donors (Lipinski definition) is 0. The van der Waals surface area contributed by atoms with Crippen LogP contribution in [0.25, 0.3) is 5.69 Å². The predicted molar refractivity (Wildman–Crippen MR) is 91.1 cm³/mol. The monoisotopic (exact) mass is 329 g/mol. The molecule has 1 amide bonds. The van der Waals surface area contributed by atoms with Crippen LogP contribution in [0.5, 0.6) is 5.88 Å². The Labute approximate surface area is 141 Å². The van der Waals surface area contributed by atoms with Gasteiger partial charge in [0.2, 0.25) is 5.88 Å². The highest BCUT2D eigenvalue weighted by atomic mass is 16.6. The average molecular weight is 329 g/mol. The Morgan fingerprint density at radius 2 is 2.04 bits per heavy atom. The fourth-order valence-electron chi connectivity index (χ4n) is 1.98. The Morgan fingerprint density at radius 1 is 1.29 bits per heavy atom. The number of ether oxygens (including phenoxy) is 2.